The summed E-state index contributed by atoms with van der Waals surface area (Å²) in [6, 6.07) is 14.2. The molecule has 1 amide bonds. The van der Waals surface area contributed by atoms with Crippen molar-refractivity contribution in [2.45, 2.75) is 12.5 Å². The Bertz CT molecular complexity index is 791. The number of non-ortho nitro benzene ring substituents is 1. The molecule has 0 saturated carbocycles. The van der Waals surface area contributed by atoms with E-state index in [-0.39, 0.29) is 11.6 Å². The van der Waals surface area contributed by atoms with Crippen molar-refractivity contribution in [2.75, 3.05) is 11.4 Å². The third kappa shape index (κ3) is 3.10. The molecule has 1 aliphatic rings. The lowest BCUT2D eigenvalue weighted by Crippen LogP contribution is -2.32. The number of ether oxygens (including phenoxy) is 1. The van der Waals surface area contributed by atoms with Crippen LogP contribution in [0.15, 0.2) is 54.6 Å². The van der Waals surface area contributed by atoms with Crippen LogP contribution in [0.1, 0.15) is 16.8 Å². The van der Waals surface area contributed by atoms with E-state index < -0.39 is 17.0 Å². The van der Waals surface area contributed by atoms with Gasteiger partial charge in [0.1, 0.15) is 0 Å². The minimum atomic E-state index is -0.878. The summed E-state index contributed by atoms with van der Waals surface area (Å²) >= 11 is 0. The van der Waals surface area contributed by atoms with E-state index >= 15 is 0 Å². The van der Waals surface area contributed by atoms with Crippen molar-refractivity contribution >= 4 is 23.3 Å². The van der Waals surface area contributed by atoms with Gasteiger partial charge in [0.2, 0.25) is 0 Å². The van der Waals surface area contributed by atoms with Crippen molar-refractivity contribution in [3.05, 3.63) is 70.3 Å². The van der Waals surface area contributed by atoms with Gasteiger partial charge in [0.25, 0.3) is 11.6 Å². The van der Waals surface area contributed by atoms with E-state index in [2.05, 4.69) is 0 Å². The third-order valence-electron chi connectivity index (χ3n) is 3.77. The molecule has 0 aromatic heterocycles. The van der Waals surface area contributed by atoms with Crippen molar-refractivity contribution < 1.29 is 19.2 Å². The van der Waals surface area contributed by atoms with Crippen molar-refractivity contribution in [2.24, 2.45) is 0 Å². The molecule has 0 bridgehead atoms. The van der Waals surface area contributed by atoms with Crippen molar-refractivity contribution in [1.29, 1.82) is 0 Å². The molecule has 3 rings (SSSR count). The maximum Gasteiger partial charge on any atom is 0.338 e. The predicted octanol–water partition coefficient (Wildman–Crippen LogP) is 2.56. The summed E-state index contributed by atoms with van der Waals surface area (Å²) < 4.78 is 5.28. The van der Waals surface area contributed by atoms with Crippen LogP contribution in [0.25, 0.3) is 0 Å². The fourth-order valence-electron chi connectivity index (χ4n) is 2.57. The molecule has 1 unspecified atom stereocenters. The van der Waals surface area contributed by atoms with Crippen LogP contribution in [-0.2, 0) is 9.53 Å². The summed E-state index contributed by atoms with van der Waals surface area (Å²) in [5.74, 6) is -0.936. The summed E-state index contributed by atoms with van der Waals surface area (Å²) in [7, 11) is 0. The highest BCUT2D eigenvalue weighted by atomic mass is 16.6. The van der Waals surface area contributed by atoms with Crippen LogP contribution >= 0.6 is 0 Å². The minimum Gasteiger partial charge on any atom is -0.449 e. The molecule has 2 aromatic rings. The van der Waals surface area contributed by atoms with Gasteiger partial charge in [0.05, 0.1) is 16.2 Å². The standard InChI is InChI=1S/C17H14N2O5/c20-16-15(24-17(21)12-5-2-1-3-6-12)9-10-18(16)13-7-4-8-14(11-13)19(22)23/h1-8,11,15H,9-10H2. The lowest BCUT2D eigenvalue weighted by atomic mass is 10.2. The summed E-state index contributed by atoms with van der Waals surface area (Å²) in [6.07, 6.45) is -0.530. The molecule has 0 N–H and O–H groups in total. The molecule has 1 saturated heterocycles. The number of hydrogen-bond acceptors (Lipinski definition) is 5. The van der Waals surface area contributed by atoms with Gasteiger partial charge < -0.3 is 9.64 Å². The maximum absolute atomic E-state index is 12.4. The molecular weight excluding hydrogens is 312 g/mol. The zero-order valence-corrected chi connectivity index (χ0v) is 12.6. The molecular formula is C17H14N2O5. The number of carbonyl (C=O) groups is 2. The minimum absolute atomic E-state index is 0.0926. The van der Waals surface area contributed by atoms with E-state index in [9.17, 15) is 19.7 Å². The second-order valence-corrected chi connectivity index (χ2v) is 5.32. The molecule has 0 radical (unpaired) electrons. The molecule has 122 valence electrons. The van der Waals surface area contributed by atoms with Crippen molar-refractivity contribution in [3.63, 3.8) is 0 Å². The number of nitro benzene ring substituents is 1. The monoisotopic (exact) mass is 326 g/mol. The highest BCUT2D eigenvalue weighted by Gasteiger charge is 2.36. The van der Waals surface area contributed by atoms with Gasteiger partial charge in [-0.2, -0.15) is 0 Å². The molecule has 0 aliphatic carbocycles. The average molecular weight is 326 g/mol. The van der Waals surface area contributed by atoms with Gasteiger partial charge in [0.15, 0.2) is 6.10 Å². The summed E-state index contributed by atoms with van der Waals surface area (Å²) in [5, 5.41) is 10.8. The van der Waals surface area contributed by atoms with Gasteiger partial charge in [-0.15, -0.1) is 0 Å². The zero-order valence-electron chi connectivity index (χ0n) is 12.6. The molecule has 2 aromatic carbocycles. The van der Waals surface area contributed by atoms with E-state index in [0.29, 0.717) is 24.2 Å². The summed E-state index contributed by atoms with van der Waals surface area (Å²) in [6.45, 7) is 0.340. The number of benzene rings is 2. The quantitative estimate of drug-likeness (QED) is 0.489. The van der Waals surface area contributed by atoms with Gasteiger partial charge in [0, 0.05) is 25.1 Å². The van der Waals surface area contributed by atoms with Gasteiger partial charge in [-0.05, 0) is 18.2 Å². The number of nitro groups is 1. The molecule has 1 fully saturated rings. The predicted molar refractivity (Wildman–Crippen MR) is 85.7 cm³/mol. The Labute approximate surface area is 137 Å². The lowest BCUT2D eigenvalue weighted by Gasteiger charge is -2.16. The number of rotatable bonds is 4. The van der Waals surface area contributed by atoms with Crippen LogP contribution < -0.4 is 4.90 Å². The number of carbonyl (C=O) groups excluding carboxylic acids is 2. The van der Waals surface area contributed by atoms with E-state index in [1.54, 1.807) is 36.4 Å². The first-order valence-electron chi connectivity index (χ1n) is 7.38. The van der Waals surface area contributed by atoms with Gasteiger partial charge >= 0.3 is 5.97 Å². The number of esters is 1. The Balaban J connectivity index is 1.72. The Morgan fingerprint density at radius 2 is 1.92 bits per heavy atom. The van der Waals surface area contributed by atoms with E-state index in [0.717, 1.165) is 0 Å². The molecule has 1 heterocycles. The van der Waals surface area contributed by atoms with Crippen LogP contribution in [0.5, 0.6) is 0 Å². The Morgan fingerprint density at radius 1 is 1.17 bits per heavy atom. The SMILES string of the molecule is O=C(OC1CCN(c2cccc([N+](=O)[O-])c2)C1=O)c1ccccc1. The highest BCUT2D eigenvalue weighted by molar-refractivity contribution is 6.01. The molecule has 0 spiro atoms. The Kier molecular flexibility index (Phi) is 4.24. The molecule has 1 atom stereocenters. The lowest BCUT2D eigenvalue weighted by molar-refractivity contribution is -0.384. The third-order valence-corrected chi connectivity index (χ3v) is 3.77. The van der Waals surface area contributed by atoms with E-state index in [4.69, 9.17) is 4.74 Å². The van der Waals surface area contributed by atoms with Gasteiger partial charge in [-0.3, -0.25) is 14.9 Å². The largest absolute Gasteiger partial charge is 0.449 e. The average Bonchev–Trinajstić information content (AvgIpc) is 2.96. The van der Waals surface area contributed by atoms with Crippen LogP contribution in [-0.4, -0.2) is 29.4 Å². The fourth-order valence-corrected chi connectivity index (χ4v) is 2.57. The molecule has 7 heteroatoms. The van der Waals surface area contributed by atoms with Crippen LogP contribution in [0, 0.1) is 10.1 Å². The van der Waals surface area contributed by atoms with E-state index in [1.807, 2.05) is 0 Å². The molecule has 24 heavy (non-hydrogen) atoms. The number of hydrogen-bond donors (Lipinski definition) is 0. The van der Waals surface area contributed by atoms with E-state index in [1.165, 1.54) is 23.1 Å². The maximum atomic E-state index is 12.4. The van der Waals surface area contributed by atoms with Crippen LogP contribution in [0.2, 0.25) is 0 Å². The number of amides is 1. The number of anilines is 1. The van der Waals surface area contributed by atoms with Crippen molar-refractivity contribution in [1.82, 2.24) is 0 Å². The topological polar surface area (TPSA) is 89.8 Å². The zero-order chi connectivity index (χ0) is 17.1. The smallest absolute Gasteiger partial charge is 0.338 e. The fraction of sp³-hybridized carbons (Fsp3) is 0.176. The molecule has 1 aliphatic heterocycles. The van der Waals surface area contributed by atoms with Crippen LogP contribution in [0.4, 0.5) is 11.4 Å². The first kappa shape index (κ1) is 15.7. The Morgan fingerprint density at radius 3 is 2.62 bits per heavy atom. The van der Waals surface area contributed by atoms with Gasteiger partial charge in [-0.1, -0.05) is 24.3 Å². The molecule has 7 nitrogen and oxygen atoms in total. The second-order valence-electron chi connectivity index (χ2n) is 5.32. The Hall–Kier alpha value is -3.22. The first-order valence-corrected chi connectivity index (χ1v) is 7.38. The van der Waals surface area contributed by atoms with Crippen LogP contribution in [0.3, 0.4) is 0 Å². The first-order chi connectivity index (χ1) is 11.6. The second kappa shape index (κ2) is 6.49. The number of nitrogens with zero attached hydrogens (tertiary/aromatic N) is 2. The normalized spacial score (nSPS) is 16.9. The summed E-state index contributed by atoms with van der Waals surface area (Å²) in [4.78, 5) is 36.2. The van der Waals surface area contributed by atoms with Gasteiger partial charge in [-0.25, -0.2) is 4.79 Å². The highest BCUT2D eigenvalue weighted by Crippen LogP contribution is 2.26. The summed E-state index contributed by atoms with van der Waals surface area (Å²) in [5.41, 5.74) is 0.705. The van der Waals surface area contributed by atoms with Crippen molar-refractivity contribution in [3.8, 4) is 0 Å².